The number of benzene rings is 2. The number of hydrogen-bond acceptors (Lipinski definition) is 7. The quantitative estimate of drug-likeness (QED) is 0.305. The van der Waals surface area contributed by atoms with Crippen LogP contribution in [0.25, 0.3) is 0 Å². The minimum atomic E-state index is -4.00. The average Bonchev–Trinajstić information content (AvgIpc) is 3.23. The first-order chi connectivity index (χ1) is 14.2. The number of nitro benzene ring substituents is 1. The van der Waals surface area contributed by atoms with E-state index in [2.05, 4.69) is 15.2 Å². The third-order valence-corrected chi connectivity index (χ3v) is 6.67. The second kappa shape index (κ2) is 8.64. The highest BCUT2D eigenvalue weighted by Gasteiger charge is 2.22. The molecule has 0 aliphatic rings. The van der Waals surface area contributed by atoms with Gasteiger partial charge in [0.1, 0.15) is 5.69 Å². The van der Waals surface area contributed by atoms with Crippen molar-refractivity contribution in [2.75, 3.05) is 10.1 Å². The second-order valence-electron chi connectivity index (χ2n) is 6.65. The van der Waals surface area contributed by atoms with Crippen LogP contribution in [0, 0.1) is 24.0 Å². The van der Waals surface area contributed by atoms with Crippen LogP contribution in [0.15, 0.2) is 63.9 Å². The normalized spacial score (nSPS) is 11.9. The summed E-state index contributed by atoms with van der Waals surface area (Å²) >= 11 is 1.49. The van der Waals surface area contributed by atoms with Crippen molar-refractivity contribution < 1.29 is 13.3 Å². The fourth-order valence-electron chi connectivity index (χ4n) is 2.74. The highest BCUT2D eigenvalue weighted by Crippen LogP contribution is 2.29. The first kappa shape index (κ1) is 21.5. The molecule has 1 heterocycles. The molecule has 1 aromatic heterocycles. The lowest BCUT2D eigenvalue weighted by Crippen LogP contribution is -2.14. The highest BCUT2D eigenvalue weighted by molar-refractivity contribution is 7.92. The monoisotopic (exact) mass is 444 g/mol. The molecule has 0 radical (unpaired) electrons. The fourth-order valence-corrected chi connectivity index (χ4v) is 4.57. The molecule has 3 aromatic rings. The van der Waals surface area contributed by atoms with Gasteiger partial charge < -0.3 is 0 Å². The summed E-state index contributed by atoms with van der Waals surface area (Å²) in [5.41, 5.74) is 5.21. The topological polar surface area (TPSA) is 114 Å². The molecule has 0 atom stereocenters. The third kappa shape index (κ3) is 4.84. The molecule has 156 valence electrons. The summed E-state index contributed by atoms with van der Waals surface area (Å²) in [4.78, 5) is 11.6. The molecule has 2 N–H and O–H groups in total. The van der Waals surface area contributed by atoms with Gasteiger partial charge in [-0.25, -0.2) is 8.42 Å². The second-order valence-corrected chi connectivity index (χ2v) is 9.28. The third-order valence-electron chi connectivity index (χ3n) is 4.32. The van der Waals surface area contributed by atoms with Gasteiger partial charge in [0.15, 0.2) is 0 Å². The Kier molecular flexibility index (Phi) is 6.18. The van der Waals surface area contributed by atoms with Crippen molar-refractivity contribution in [2.45, 2.75) is 25.7 Å². The van der Waals surface area contributed by atoms with E-state index in [-0.39, 0.29) is 16.3 Å². The molecule has 0 fully saturated rings. The van der Waals surface area contributed by atoms with Gasteiger partial charge in [-0.15, -0.1) is 11.3 Å². The molecule has 0 saturated heterocycles. The van der Waals surface area contributed by atoms with E-state index in [1.165, 1.54) is 23.5 Å². The minimum Gasteiger partial charge on any atom is -0.279 e. The summed E-state index contributed by atoms with van der Waals surface area (Å²) in [6.07, 6.45) is 0. The van der Waals surface area contributed by atoms with Crippen LogP contribution in [-0.2, 0) is 10.0 Å². The van der Waals surface area contributed by atoms with Crippen molar-refractivity contribution >= 4 is 44.1 Å². The highest BCUT2D eigenvalue weighted by atomic mass is 32.2. The van der Waals surface area contributed by atoms with Gasteiger partial charge >= 0.3 is 0 Å². The number of nitrogens with zero attached hydrogens (tertiary/aromatic N) is 2. The van der Waals surface area contributed by atoms with E-state index >= 15 is 0 Å². The SMILES string of the molecule is CC(=NNc1ccc(S(=O)(=O)Nc2ccc(C)cc2C)cc1[N+](=O)[O-])c1cccs1. The van der Waals surface area contributed by atoms with Gasteiger partial charge in [-0.1, -0.05) is 23.8 Å². The van der Waals surface area contributed by atoms with E-state index in [0.717, 1.165) is 22.1 Å². The number of anilines is 2. The van der Waals surface area contributed by atoms with Crippen LogP contribution in [0.5, 0.6) is 0 Å². The summed E-state index contributed by atoms with van der Waals surface area (Å²) in [7, 11) is -4.00. The first-order valence-electron chi connectivity index (χ1n) is 8.90. The van der Waals surface area contributed by atoms with Gasteiger partial charge in [0.2, 0.25) is 0 Å². The number of hydrogen-bond donors (Lipinski definition) is 2. The first-order valence-corrected chi connectivity index (χ1v) is 11.3. The number of nitrogens with one attached hydrogen (secondary N) is 2. The van der Waals surface area contributed by atoms with Gasteiger partial charge in [0.05, 0.1) is 21.2 Å². The van der Waals surface area contributed by atoms with Gasteiger partial charge in [-0.3, -0.25) is 20.3 Å². The van der Waals surface area contributed by atoms with Crippen LogP contribution in [0.2, 0.25) is 0 Å². The van der Waals surface area contributed by atoms with Gasteiger partial charge in [0.25, 0.3) is 15.7 Å². The summed E-state index contributed by atoms with van der Waals surface area (Å²) in [5.74, 6) is 0. The van der Waals surface area contributed by atoms with E-state index < -0.39 is 14.9 Å². The molecule has 8 nitrogen and oxygen atoms in total. The summed E-state index contributed by atoms with van der Waals surface area (Å²) in [5, 5.41) is 17.6. The molecule has 10 heteroatoms. The Morgan fingerprint density at radius 1 is 1.10 bits per heavy atom. The Balaban J connectivity index is 1.90. The van der Waals surface area contributed by atoms with E-state index in [9.17, 15) is 18.5 Å². The van der Waals surface area contributed by atoms with E-state index in [1.54, 1.807) is 26.0 Å². The number of rotatable bonds is 7. The maximum Gasteiger partial charge on any atom is 0.295 e. The largest absolute Gasteiger partial charge is 0.295 e. The van der Waals surface area contributed by atoms with Crippen molar-refractivity contribution in [1.82, 2.24) is 0 Å². The minimum absolute atomic E-state index is 0.0985. The van der Waals surface area contributed by atoms with Crippen LogP contribution in [0.1, 0.15) is 22.9 Å². The van der Waals surface area contributed by atoms with Crippen molar-refractivity contribution in [2.24, 2.45) is 5.10 Å². The molecule has 0 saturated carbocycles. The Morgan fingerprint density at radius 3 is 2.47 bits per heavy atom. The molecule has 0 unspecified atom stereocenters. The predicted octanol–water partition coefficient (Wildman–Crippen LogP) is 4.91. The van der Waals surface area contributed by atoms with E-state index in [1.807, 2.05) is 30.5 Å². The Labute approximate surface area is 178 Å². The van der Waals surface area contributed by atoms with E-state index in [0.29, 0.717) is 11.4 Å². The Morgan fingerprint density at radius 2 is 1.83 bits per heavy atom. The van der Waals surface area contributed by atoms with Gasteiger partial charge in [0, 0.05) is 10.9 Å². The molecule has 0 bridgehead atoms. The van der Waals surface area contributed by atoms with Crippen molar-refractivity contribution in [3.63, 3.8) is 0 Å². The van der Waals surface area contributed by atoms with Crippen LogP contribution in [0.4, 0.5) is 17.1 Å². The maximum atomic E-state index is 12.8. The lowest BCUT2D eigenvalue weighted by molar-refractivity contribution is -0.384. The molecular weight excluding hydrogens is 424 g/mol. The van der Waals surface area contributed by atoms with Gasteiger partial charge in [-0.05, 0) is 56.0 Å². The summed E-state index contributed by atoms with van der Waals surface area (Å²) in [6.45, 7) is 5.47. The average molecular weight is 445 g/mol. The Hall–Kier alpha value is -3.24. The number of hydrazone groups is 1. The molecule has 0 aliphatic heterocycles. The van der Waals surface area contributed by atoms with Crippen LogP contribution in [0.3, 0.4) is 0 Å². The zero-order chi connectivity index (χ0) is 21.9. The number of sulfonamides is 1. The van der Waals surface area contributed by atoms with Crippen molar-refractivity contribution in [1.29, 1.82) is 0 Å². The molecule has 0 spiro atoms. The van der Waals surface area contributed by atoms with E-state index in [4.69, 9.17) is 0 Å². The van der Waals surface area contributed by atoms with Crippen LogP contribution < -0.4 is 10.1 Å². The lowest BCUT2D eigenvalue weighted by Gasteiger charge is -2.12. The molecule has 3 rings (SSSR count). The standard InChI is InChI=1S/C20H20N4O4S2/c1-13-6-8-17(14(2)11-13)23-30(27,28)16-7-9-18(19(12-16)24(25)26)22-21-15(3)20-5-4-10-29-20/h4-12,22-23H,1-3H3. The maximum absolute atomic E-state index is 12.8. The molecule has 2 aromatic carbocycles. The van der Waals surface area contributed by atoms with Crippen molar-refractivity contribution in [3.05, 3.63) is 80.0 Å². The number of nitro groups is 1. The Bertz CT molecular complexity index is 1220. The van der Waals surface area contributed by atoms with Crippen molar-refractivity contribution in [3.8, 4) is 0 Å². The molecule has 30 heavy (non-hydrogen) atoms. The predicted molar refractivity (Wildman–Crippen MR) is 120 cm³/mol. The molecule has 0 aliphatic carbocycles. The number of thiophene rings is 1. The lowest BCUT2D eigenvalue weighted by atomic mass is 10.1. The van der Waals surface area contributed by atoms with Crippen LogP contribution in [-0.4, -0.2) is 19.1 Å². The molecular formula is C20H20N4O4S2. The zero-order valence-electron chi connectivity index (χ0n) is 16.5. The molecule has 0 amide bonds. The summed E-state index contributed by atoms with van der Waals surface area (Å²) < 4.78 is 28.0. The summed E-state index contributed by atoms with van der Waals surface area (Å²) in [6, 6.07) is 12.7. The number of aryl methyl sites for hydroxylation is 2. The smallest absolute Gasteiger partial charge is 0.279 e. The van der Waals surface area contributed by atoms with Gasteiger partial charge in [-0.2, -0.15) is 5.10 Å². The van der Waals surface area contributed by atoms with Crippen LogP contribution >= 0.6 is 11.3 Å². The zero-order valence-corrected chi connectivity index (χ0v) is 18.2. The fraction of sp³-hybridized carbons (Fsp3) is 0.150.